The first-order chi connectivity index (χ1) is 16.3. The third-order valence-corrected chi connectivity index (χ3v) is 7.97. The molecule has 178 valence electrons. The van der Waals surface area contributed by atoms with Gasteiger partial charge in [-0.05, 0) is 17.5 Å². The molecule has 2 aliphatic heterocycles. The highest BCUT2D eigenvalue weighted by molar-refractivity contribution is 8.02. The van der Waals surface area contributed by atoms with Gasteiger partial charge in [-0.25, -0.2) is 0 Å². The second kappa shape index (κ2) is 9.99. The number of hydrogen-bond donors (Lipinski definition) is 3. The largest absolute Gasteiger partial charge is 0.481 e. The van der Waals surface area contributed by atoms with E-state index in [1.165, 1.54) is 35.5 Å². The molecule has 12 nitrogen and oxygen atoms in total. The molecule has 0 aliphatic carbocycles. The second-order valence-electron chi connectivity index (χ2n) is 7.27. The van der Waals surface area contributed by atoms with E-state index >= 15 is 0 Å². The zero-order valence-electron chi connectivity index (χ0n) is 17.7. The van der Waals surface area contributed by atoms with Crippen molar-refractivity contribution in [3.63, 3.8) is 0 Å². The molecule has 2 aliphatic rings. The van der Waals surface area contributed by atoms with Gasteiger partial charge in [0.2, 0.25) is 17.4 Å². The Labute approximate surface area is 206 Å². The molecule has 0 bridgehead atoms. The van der Waals surface area contributed by atoms with Crippen molar-refractivity contribution in [1.29, 1.82) is 0 Å². The molecular weight excluding hydrogens is 502 g/mol. The average molecular weight is 522 g/mol. The molecule has 4 rings (SSSR count). The summed E-state index contributed by atoms with van der Waals surface area (Å²) < 4.78 is 3.95. The highest BCUT2D eigenvalue weighted by atomic mass is 32.2. The quantitative estimate of drug-likeness (QED) is 0.192. The number of carboxylic acids is 1. The molecule has 2 saturated heterocycles. The molecule has 15 heteroatoms. The third-order valence-electron chi connectivity index (χ3n) is 5.09. The number of thioether (sulfide) groups is 2. The van der Waals surface area contributed by atoms with Crippen LogP contribution in [0.3, 0.4) is 0 Å². The summed E-state index contributed by atoms with van der Waals surface area (Å²) >= 11 is 3.53. The topological polar surface area (TPSA) is 173 Å². The molecule has 0 spiro atoms. The van der Waals surface area contributed by atoms with Gasteiger partial charge in [0, 0.05) is 41.1 Å². The van der Waals surface area contributed by atoms with E-state index in [-0.39, 0.29) is 34.9 Å². The van der Waals surface area contributed by atoms with Gasteiger partial charge < -0.3 is 25.9 Å². The van der Waals surface area contributed by atoms with Gasteiger partial charge in [0.05, 0.1) is 0 Å². The van der Waals surface area contributed by atoms with Crippen molar-refractivity contribution in [2.75, 3.05) is 25.1 Å². The Kier molecular flexibility index (Phi) is 7.04. The van der Waals surface area contributed by atoms with E-state index in [1.807, 2.05) is 6.07 Å². The number of aromatic nitrogens is 3. The summed E-state index contributed by atoms with van der Waals surface area (Å²) in [6.45, 7) is -0.00149. The van der Waals surface area contributed by atoms with Crippen LogP contribution in [0.1, 0.15) is 5.82 Å². The lowest BCUT2D eigenvalue weighted by molar-refractivity contribution is -0.156. The van der Waals surface area contributed by atoms with Gasteiger partial charge in [-0.15, -0.1) is 11.8 Å². The summed E-state index contributed by atoms with van der Waals surface area (Å²) in [4.78, 5) is 52.7. The molecular formula is C19H19N7O5S3. The summed E-state index contributed by atoms with van der Waals surface area (Å²) in [5.74, 6) is -1.88. The highest BCUT2D eigenvalue weighted by Crippen LogP contribution is 2.43. The van der Waals surface area contributed by atoms with Crippen LogP contribution in [0, 0.1) is 5.41 Å². The Balaban J connectivity index is 1.43. The van der Waals surface area contributed by atoms with Crippen LogP contribution >= 0.6 is 35.1 Å². The molecule has 2 amide bonds. The predicted molar refractivity (Wildman–Crippen MR) is 127 cm³/mol. The van der Waals surface area contributed by atoms with Crippen LogP contribution in [0.15, 0.2) is 46.1 Å². The van der Waals surface area contributed by atoms with Crippen molar-refractivity contribution in [3.8, 4) is 0 Å². The Hall–Kier alpha value is -3.17. The first-order valence-corrected chi connectivity index (χ1v) is 12.5. The highest BCUT2D eigenvalue weighted by Gasteiger charge is 2.57. The summed E-state index contributed by atoms with van der Waals surface area (Å²) in [7, 11) is 1.27. The summed E-state index contributed by atoms with van der Waals surface area (Å²) in [5, 5.41) is 17.7. The number of nitrogens with zero attached hydrogens (tertiary/aromatic N) is 5. The van der Waals surface area contributed by atoms with Gasteiger partial charge in [-0.1, -0.05) is 23.0 Å². The number of nitrogens with two attached hydrogens (primary N) is 1. The Morgan fingerprint density at radius 1 is 1.50 bits per heavy atom. The van der Waals surface area contributed by atoms with Crippen LogP contribution in [-0.2, 0) is 19.2 Å². The van der Waals surface area contributed by atoms with Gasteiger partial charge >= 0.3 is 5.97 Å². The van der Waals surface area contributed by atoms with Crippen molar-refractivity contribution in [3.05, 3.63) is 41.8 Å². The monoisotopic (exact) mass is 521 g/mol. The molecule has 2 unspecified atom stereocenters. The fourth-order valence-electron chi connectivity index (χ4n) is 3.37. The maximum Gasteiger partial charge on any atom is 0.316 e. The van der Waals surface area contributed by atoms with E-state index in [0.717, 1.165) is 16.4 Å². The number of carbonyl (C=O) groups excluding carboxylic acids is 2. The SMILES string of the molecule is CON=C(C(=O)NC1C(=O)N2CC(C=CSc3cccnc3)(C(=O)O)CS[C@H]12)c1nsc(N)n1. The standard InChI is InChI=1S/C19H19N7O5S3/c1-31-24-11(13-23-18(20)34-25-13)14(27)22-12-15(28)26-8-19(17(29)30,9-33-16(12)26)4-6-32-10-3-2-5-21-7-10/h2-7,12,16H,8-9H2,1H3,(H,22,27)(H,29,30)(H2,20,23,25)/t12?,16-,19?/m1/s1. The molecule has 4 heterocycles. The third kappa shape index (κ3) is 4.71. The van der Waals surface area contributed by atoms with E-state index in [2.05, 4.69) is 24.8 Å². The number of carbonyl (C=O) groups is 3. The predicted octanol–water partition coefficient (Wildman–Crippen LogP) is 0.643. The minimum Gasteiger partial charge on any atom is -0.481 e. The van der Waals surface area contributed by atoms with Gasteiger partial charge in [0.25, 0.3) is 5.91 Å². The minimum absolute atomic E-state index is 0.00149. The normalized spacial score (nSPS) is 24.4. The maximum atomic E-state index is 12.8. The van der Waals surface area contributed by atoms with Crippen LogP contribution in [-0.4, -0.2) is 78.7 Å². The van der Waals surface area contributed by atoms with Crippen molar-refractivity contribution in [2.45, 2.75) is 16.3 Å². The summed E-state index contributed by atoms with van der Waals surface area (Å²) in [5.41, 5.74) is 4.12. The fourth-order valence-corrected chi connectivity index (χ4v) is 6.09. The van der Waals surface area contributed by atoms with Gasteiger partial charge in [-0.3, -0.25) is 19.4 Å². The van der Waals surface area contributed by atoms with Gasteiger partial charge in [0.15, 0.2) is 5.13 Å². The summed E-state index contributed by atoms with van der Waals surface area (Å²) in [6, 6.07) is 2.82. The van der Waals surface area contributed by atoms with E-state index in [9.17, 15) is 19.5 Å². The lowest BCUT2D eigenvalue weighted by Crippen LogP contribution is -2.73. The van der Waals surface area contributed by atoms with Crippen molar-refractivity contribution >= 4 is 63.7 Å². The molecule has 4 N–H and O–H groups in total. The lowest BCUT2D eigenvalue weighted by atomic mass is 9.87. The summed E-state index contributed by atoms with van der Waals surface area (Å²) in [6.07, 6.45) is 4.94. The number of fused-ring (bicyclic) bond motifs is 1. The first-order valence-electron chi connectivity index (χ1n) is 9.76. The molecule has 2 fully saturated rings. The molecule has 2 aromatic rings. The number of pyridine rings is 1. The Morgan fingerprint density at radius 2 is 2.32 bits per heavy atom. The molecule has 3 atom stereocenters. The van der Waals surface area contributed by atoms with Crippen LogP contribution in [0.4, 0.5) is 5.13 Å². The number of β-lactam (4-membered cyclic amide) rings is 1. The zero-order valence-corrected chi connectivity index (χ0v) is 20.1. The number of anilines is 1. The number of amides is 2. The fraction of sp³-hybridized carbons (Fsp3) is 0.316. The van der Waals surface area contributed by atoms with Gasteiger partial charge in [0.1, 0.15) is 23.9 Å². The van der Waals surface area contributed by atoms with E-state index in [4.69, 9.17) is 10.6 Å². The van der Waals surface area contributed by atoms with E-state index in [0.29, 0.717) is 0 Å². The zero-order chi connectivity index (χ0) is 24.3. The number of carboxylic acid groups (broad SMARTS) is 1. The number of nitrogens with one attached hydrogen (secondary N) is 1. The molecule has 34 heavy (non-hydrogen) atoms. The van der Waals surface area contributed by atoms with Crippen LogP contribution in [0.2, 0.25) is 0 Å². The number of aliphatic carboxylic acids is 1. The molecule has 0 aromatic carbocycles. The number of oxime groups is 1. The molecule has 0 radical (unpaired) electrons. The van der Waals surface area contributed by atoms with E-state index in [1.54, 1.807) is 29.9 Å². The Bertz CT molecular complexity index is 1160. The average Bonchev–Trinajstić information content (AvgIpc) is 3.27. The van der Waals surface area contributed by atoms with Crippen molar-refractivity contribution < 1.29 is 24.3 Å². The van der Waals surface area contributed by atoms with Crippen LogP contribution in [0.5, 0.6) is 0 Å². The van der Waals surface area contributed by atoms with Gasteiger partial charge in [-0.2, -0.15) is 9.36 Å². The first kappa shape index (κ1) is 24.0. The lowest BCUT2D eigenvalue weighted by Gasteiger charge is -2.53. The maximum absolute atomic E-state index is 12.8. The second-order valence-corrected chi connectivity index (χ2v) is 10.1. The molecule has 2 aromatic heterocycles. The van der Waals surface area contributed by atoms with Crippen molar-refractivity contribution in [2.24, 2.45) is 10.6 Å². The number of nitrogen functional groups attached to an aromatic ring is 1. The number of hydrogen-bond acceptors (Lipinski definition) is 12. The van der Waals surface area contributed by atoms with E-state index < -0.39 is 28.7 Å². The van der Waals surface area contributed by atoms with Crippen LogP contribution in [0.25, 0.3) is 0 Å². The Morgan fingerprint density at radius 3 is 2.97 bits per heavy atom. The van der Waals surface area contributed by atoms with Crippen molar-refractivity contribution in [1.82, 2.24) is 24.6 Å². The smallest absolute Gasteiger partial charge is 0.316 e. The number of rotatable bonds is 8. The minimum atomic E-state index is -1.24. The molecule has 0 saturated carbocycles. The van der Waals surface area contributed by atoms with Crippen LogP contribution < -0.4 is 11.1 Å².